The number of fused-ring (bicyclic) bond motifs is 15. The number of rotatable bonds is 4. The normalized spacial score (nSPS) is 12.3. The van der Waals surface area contributed by atoms with Crippen LogP contribution in [0, 0.1) is 0 Å². The van der Waals surface area contributed by atoms with Gasteiger partial charge in [-0.25, -0.2) is 19.9 Å². The number of nitrogens with zero attached hydrogens (tertiary/aromatic N) is 10. The van der Waals surface area contributed by atoms with Crippen molar-refractivity contribution in [1.82, 2.24) is 46.8 Å². The summed E-state index contributed by atoms with van der Waals surface area (Å²) in [5, 5.41) is 0. The quantitative estimate of drug-likeness (QED) is 0.178. The van der Waals surface area contributed by atoms with Gasteiger partial charge in [-0.1, -0.05) is 91.0 Å². The molecule has 7 aromatic carbocycles. The van der Waals surface area contributed by atoms with E-state index in [0.717, 1.165) is 112 Å². The van der Waals surface area contributed by atoms with Gasteiger partial charge < -0.3 is 0 Å². The van der Waals surface area contributed by atoms with Crippen molar-refractivity contribution in [3.05, 3.63) is 182 Å². The third-order valence-corrected chi connectivity index (χ3v) is 12.0. The summed E-state index contributed by atoms with van der Waals surface area (Å²) in [4.78, 5) is 21.3. The molecular weight excluding hydrogens is 741 g/mol. The molecule has 10 heteroatoms. The van der Waals surface area contributed by atoms with Crippen LogP contribution in [0.3, 0.4) is 0 Å². The van der Waals surface area contributed by atoms with Crippen LogP contribution in [0.25, 0.3) is 112 Å². The zero-order valence-electron chi connectivity index (χ0n) is 31.8. The van der Waals surface area contributed by atoms with Gasteiger partial charge in [-0.2, -0.15) is 0 Å². The number of hydrogen-bond donors (Lipinski definition) is 0. The Labute approximate surface area is 339 Å². The fraction of sp³-hybridized carbons (Fsp3) is 0. The van der Waals surface area contributed by atoms with Crippen LogP contribution < -0.4 is 0 Å². The average molecular weight is 771 g/mol. The summed E-state index contributed by atoms with van der Waals surface area (Å²) >= 11 is 0. The Bertz CT molecular complexity index is 3930. The van der Waals surface area contributed by atoms with Gasteiger partial charge in [0.25, 0.3) is 0 Å². The summed E-state index contributed by atoms with van der Waals surface area (Å²) in [5.41, 5.74) is 15.2. The zero-order valence-corrected chi connectivity index (χ0v) is 31.8. The Balaban J connectivity index is 1.12. The second-order valence-corrected chi connectivity index (χ2v) is 15.3. The van der Waals surface area contributed by atoms with Crippen molar-refractivity contribution in [3.8, 4) is 28.5 Å². The summed E-state index contributed by atoms with van der Waals surface area (Å²) in [6, 6.07) is 63.4. The standard InChI is InChI=1S/C50H30N10/c1-5-19-36(55-40-23-9-10-24-41(40)56-37-20-6-2-16-33(37)51-48(55)56)32(15-1)31-29-46(59-44-27-13-11-25-42(44)57-38-21-7-3-17-34(38)52-49(57)59)54-47(30-31)60-45-28-14-12-26-43(45)58-39-22-8-4-18-35(39)53-50(58)60/h1-30H. The molecule has 0 aliphatic rings. The van der Waals surface area contributed by atoms with Crippen LogP contribution in [-0.2, 0) is 0 Å². The summed E-state index contributed by atoms with van der Waals surface area (Å²) < 4.78 is 13.4. The molecule has 0 amide bonds. The van der Waals surface area contributed by atoms with Crippen LogP contribution in [-0.4, -0.2) is 46.8 Å². The largest absolute Gasteiger partial charge is 0.278 e. The summed E-state index contributed by atoms with van der Waals surface area (Å²) in [6.07, 6.45) is 0. The lowest BCUT2D eigenvalue weighted by Gasteiger charge is -2.16. The van der Waals surface area contributed by atoms with Crippen molar-refractivity contribution in [3.63, 3.8) is 0 Å². The molecular formula is C50H30N10. The monoisotopic (exact) mass is 770 g/mol. The van der Waals surface area contributed by atoms with Crippen LogP contribution in [0.15, 0.2) is 182 Å². The number of imidazole rings is 6. The fourth-order valence-corrected chi connectivity index (χ4v) is 9.54. The van der Waals surface area contributed by atoms with Crippen LogP contribution in [0.2, 0.25) is 0 Å². The predicted molar refractivity (Wildman–Crippen MR) is 239 cm³/mol. The Morgan fingerprint density at radius 3 is 1.07 bits per heavy atom. The summed E-state index contributed by atoms with van der Waals surface area (Å²) in [5.74, 6) is 3.90. The van der Waals surface area contributed by atoms with E-state index >= 15 is 0 Å². The van der Waals surface area contributed by atoms with Crippen LogP contribution in [0.4, 0.5) is 0 Å². The first kappa shape index (κ1) is 31.6. The molecule has 10 nitrogen and oxygen atoms in total. The minimum absolute atomic E-state index is 0.736. The lowest BCUT2D eigenvalue weighted by atomic mass is 10.0. The fourth-order valence-electron chi connectivity index (χ4n) is 9.54. The molecule has 0 aliphatic carbocycles. The third kappa shape index (κ3) is 4.10. The Morgan fingerprint density at radius 1 is 0.283 bits per heavy atom. The van der Waals surface area contributed by atoms with Crippen molar-refractivity contribution in [2.24, 2.45) is 0 Å². The van der Waals surface area contributed by atoms with Crippen molar-refractivity contribution in [2.45, 2.75) is 0 Å². The highest BCUT2D eigenvalue weighted by atomic mass is 15.3. The van der Waals surface area contributed by atoms with Gasteiger partial charge in [0.1, 0.15) is 11.6 Å². The predicted octanol–water partition coefficient (Wildman–Crippen LogP) is 11.0. The lowest BCUT2D eigenvalue weighted by molar-refractivity contribution is 0.983. The highest BCUT2D eigenvalue weighted by Gasteiger charge is 2.24. The molecule has 0 radical (unpaired) electrons. The molecule has 0 bridgehead atoms. The molecule has 280 valence electrons. The second kappa shape index (κ2) is 11.6. The molecule has 14 rings (SSSR count). The molecule has 0 saturated heterocycles. The van der Waals surface area contributed by atoms with Crippen molar-refractivity contribution in [2.75, 3.05) is 0 Å². The summed E-state index contributed by atoms with van der Waals surface area (Å²) in [6.45, 7) is 0. The van der Waals surface area contributed by atoms with Gasteiger partial charge in [0.05, 0.1) is 71.9 Å². The van der Waals surface area contributed by atoms with Gasteiger partial charge in [0.2, 0.25) is 17.3 Å². The Kier molecular flexibility index (Phi) is 6.08. The van der Waals surface area contributed by atoms with Crippen LogP contribution >= 0.6 is 0 Å². The molecule has 0 spiro atoms. The first-order valence-electron chi connectivity index (χ1n) is 20.0. The highest BCUT2D eigenvalue weighted by molar-refractivity contribution is 5.96. The maximum atomic E-state index is 5.60. The van der Waals surface area contributed by atoms with E-state index in [1.54, 1.807) is 0 Å². The highest BCUT2D eigenvalue weighted by Crippen LogP contribution is 2.38. The molecule has 0 unspecified atom stereocenters. The van der Waals surface area contributed by atoms with E-state index < -0.39 is 0 Å². The van der Waals surface area contributed by atoms with Crippen LogP contribution in [0.5, 0.6) is 0 Å². The number of para-hydroxylation sites is 13. The molecule has 7 heterocycles. The molecule has 0 fully saturated rings. The minimum atomic E-state index is 0.736. The number of hydrogen-bond acceptors (Lipinski definition) is 4. The summed E-state index contributed by atoms with van der Waals surface area (Å²) in [7, 11) is 0. The van der Waals surface area contributed by atoms with Gasteiger partial charge >= 0.3 is 0 Å². The SMILES string of the molecule is c1ccc(-n2c3ccccc3n3c4ccccc4nc23)c(-c2cc(-n3c4ccccc4n4c5ccccc5nc34)nc(-n3c4ccccc4n4c5ccccc5nc34)c2)c1. The van der Waals surface area contributed by atoms with Crippen molar-refractivity contribution >= 4 is 83.5 Å². The van der Waals surface area contributed by atoms with Gasteiger partial charge in [-0.05, 0) is 96.6 Å². The molecule has 7 aromatic heterocycles. The maximum Gasteiger partial charge on any atom is 0.221 e. The molecule has 0 saturated carbocycles. The second-order valence-electron chi connectivity index (χ2n) is 15.3. The first-order chi connectivity index (χ1) is 29.8. The van der Waals surface area contributed by atoms with E-state index in [-0.39, 0.29) is 0 Å². The smallest absolute Gasteiger partial charge is 0.221 e. The molecule has 60 heavy (non-hydrogen) atoms. The lowest BCUT2D eigenvalue weighted by Crippen LogP contribution is -2.06. The number of benzene rings is 7. The van der Waals surface area contributed by atoms with Crippen LogP contribution in [0.1, 0.15) is 0 Å². The zero-order chi connectivity index (χ0) is 39.1. The van der Waals surface area contributed by atoms with E-state index in [4.69, 9.17) is 19.9 Å². The average Bonchev–Trinajstić information content (AvgIpc) is 4.13. The number of aromatic nitrogens is 10. The van der Waals surface area contributed by atoms with Crippen molar-refractivity contribution < 1.29 is 0 Å². The Morgan fingerprint density at radius 2 is 0.617 bits per heavy atom. The van der Waals surface area contributed by atoms with Crippen molar-refractivity contribution in [1.29, 1.82) is 0 Å². The molecule has 0 atom stereocenters. The maximum absolute atomic E-state index is 5.60. The van der Waals surface area contributed by atoms with E-state index in [9.17, 15) is 0 Å². The molecule has 0 N–H and O–H groups in total. The Hall–Kier alpha value is -8.50. The van der Waals surface area contributed by atoms with Gasteiger partial charge in [-0.3, -0.25) is 26.9 Å². The molecule has 14 aromatic rings. The number of pyridine rings is 1. The van der Waals surface area contributed by atoms with E-state index in [1.807, 2.05) is 18.2 Å². The van der Waals surface area contributed by atoms with Gasteiger partial charge in [-0.15, -0.1) is 0 Å². The van der Waals surface area contributed by atoms with E-state index in [0.29, 0.717) is 0 Å². The van der Waals surface area contributed by atoms with E-state index in [1.165, 1.54) is 0 Å². The van der Waals surface area contributed by atoms with E-state index in [2.05, 4.69) is 191 Å². The molecule has 0 aliphatic heterocycles. The topological polar surface area (TPSA) is 79.6 Å². The third-order valence-electron chi connectivity index (χ3n) is 12.0. The first-order valence-corrected chi connectivity index (χ1v) is 20.0. The minimum Gasteiger partial charge on any atom is -0.278 e. The van der Waals surface area contributed by atoms with Gasteiger partial charge in [0.15, 0.2) is 0 Å². The van der Waals surface area contributed by atoms with Gasteiger partial charge in [0, 0.05) is 5.56 Å².